The summed E-state index contributed by atoms with van der Waals surface area (Å²) in [5.41, 5.74) is 3.29. The highest BCUT2D eigenvalue weighted by Crippen LogP contribution is 2.27. The fourth-order valence-corrected chi connectivity index (χ4v) is 5.51. The van der Waals surface area contributed by atoms with Gasteiger partial charge in [0.05, 0.1) is 26.4 Å². The topological polar surface area (TPSA) is 36.9 Å². The van der Waals surface area contributed by atoms with Crippen LogP contribution in [0.1, 0.15) is 133 Å². The Morgan fingerprint density at radius 2 is 0.854 bits per heavy atom. The van der Waals surface area contributed by atoms with Crippen molar-refractivity contribution < 1.29 is 18.9 Å². The van der Waals surface area contributed by atoms with E-state index >= 15 is 0 Å². The first kappa shape index (κ1) is 38.8. The van der Waals surface area contributed by atoms with Crippen molar-refractivity contribution in [2.45, 2.75) is 117 Å². The summed E-state index contributed by atoms with van der Waals surface area (Å²) < 4.78 is 24.3. The Kier molecular flexibility index (Phi) is 20.5. The fraction of sp³-hybridized carbons (Fsp3) is 0.500. The van der Waals surface area contributed by atoms with Crippen LogP contribution >= 0.6 is 0 Å². The van der Waals surface area contributed by atoms with Gasteiger partial charge in [0.1, 0.15) is 23.0 Å². The largest absolute Gasteiger partial charge is 0.494 e. The number of unbranched alkanes of at least 4 members (excludes halogenated alkanes) is 13. The lowest BCUT2D eigenvalue weighted by Gasteiger charge is -2.12. The Hall–Kier alpha value is -3.66. The van der Waals surface area contributed by atoms with Crippen molar-refractivity contribution >= 4 is 18.2 Å². The zero-order valence-electron chi connectivity index (χ0n) is 30.1. The van der Waals surface area contributed by atoms with E-state index in [9.17, 15) is 0 Å². The quantitative estimate of drug-likeness (QED) is 0.0577. The molecule has 0 aliphatic heterocycles. The lowest BCUT2D eigenvalue weighted by atomic mass is 10.1. The third-order valence-corrected chi connectivity index (χ3v) is 8.53. The third-order valence-electron chi connectivity index (χ3n) is 8.53. The highest BCUT2D eigenvalue weighted by atomic mass is 16.5. The van der Waals surface area contributed by atoms with Crippen LogP contribution in [0, 0.1) is 0 Å². The summed E-state index contributed by atoms with van der Waals surface area (Å²) in [5, 5.41) is 0. The summed E-state index contributed by atoms with van der Waals surface area (Å²) in [4.78, 5) is 0. The molecule has 0 atom stereocenters. The van der Waals surface area contributed by atoms with E-state index in [0.717, 1.165) is 105 Å². The highest BCUT2D eigenvalue weighted by molar-refractivity contribution is 5.73. The maximum absolute atomic E-state index is 6.26. The van der Waals surface area contributed by atoms with Crippen molar-refractivity contribution in [2.24, 2.45) is 0 Å². The minimum Gasteiger partial charge on any atom is -0.494 e. The van der Waals surface area contributed by atoms with Crippen molar-refractivity contribution in [2.75, 3.05) is 26.4 Å². The van der Waals surface area contributed by atoms with E-state index in [1.165, 1.54) is 64.2 Å². The molecule has 262 valence electrons. The first-order valence-corrected chi connectivity index (χ1v) is 18.9. The van der Waals surface area contributed by atoms with Gasteiger partial charge in [-0.25, -0.2) is 0 Å². The number of ether oxygens (including phenoxy) is 4. The molecule has 0 N–H and O–H groups in total. The molecule has 0 saturated heterocycles. The molecular formula is C44H62O4. The molecule has 0 radical (unpaired) electrons. The number of rotatable bonds is 28. The van der Waals surface area contributed by atoms with E-state index in [2.05, 4.69) is 75.0 Å². The van der Waals surface area contributed by atoms with Gasteiger partial charge in [0, 0.05) is 5.56 Å². The zero-order chi connectivity index (χ0) is 33.9. The molecule has 3 rings (SSSR count). The molecule has 0 aliphatic rings. The van der Waals surface area contributed by atoms with Crippen molar-refractivity contribution in [3.05, 3.63) is 90.0 Å². The average molecular weight is 655 g/mol. The smallest absolute Gasteiger partial charge is 0.126 e. The van der Waals surface area contributed by atoms with Crippen LogP contribution in [0.2, 0.25) is 0 Å². The van der Waals surface area contributed by atoms with Crippen molar-refractivity contribution in [3.8, 4) is 23.0 Å². The second kappa shape index (κ2) is 25.4. The summed E-state index contributed by atoms with van der Waals surface area (Å²) in [7, 11) is 0. The number of benzene rings is 3. The third kappa shape index (κ3) is 16.9. The predicted octanol–water partition coefficient (Wildman–Crippen LogP) is 13.0. The summed E-state index contributed by atoms with van der Waals surface area (Å²) in [6.45, 7) is 11.3. The minimum atomic E-state index is 0.726. The van der Waals surface area contributed by atoms with Crippen LogP contribution in [0.25, 0.3) is 18.2 Å². The molecule has 0 aliphatic carbocycles. The number of hydrogen-bond donors (Lipinski definition) is 0. The molecule has 0 amide bonds. The van der Waals surface area contributed by atoms with Crippen LogP contribution in [0.4, 0.5) is 0 Å². The summed E-state index contributed by atoms with van der Waals surface area (Å²) in [5.74, 6) is 3.65. The first-order valence-electron chi connectivity index (χ1n) is 18.9. The van der Waals surface area contributed by atoms with Gasteiger partial charge in [0.2, 0.25) is 0 Å². The standard InChI is InChI=1S/C44H62O4/c1-4-7-9-11-13-17-35-47-43-31-32-44(48-36-20-14-12-10-8-5-2)40(37-43)26-21-39-24-29-42(30-25-39)46-34-19-16-15-18-33-45-41-27-22-38(6-3)23-28-41/h6,21-32,37H,3-5,7-20,33-36H2,1-2H3/b26-21+. The van der Waals surface area contributed by atoms with Crippen LogP contribution in [0.5, 0.6) is 23.0 Å². The van der Waals surface area contributed by atoms with E-state index in [0.29, 0.717) is 0 Å². The Morgan fingerprint density at radius 1 is 0.438 bits per heavy atom. The minimum absolute atomic E-state index is 0.726. The monoisotopic (exact) mass is 654 g/mol. The molecule has 0 fully saturated rings. The first-order chi connectivity index (χ1) is 23.7. The van der Waals surface area contributed by atoms with E-state index in [4.69, 9.17) is 18.9 Å². The zero-order valence-corrected chi connectivity index (χ0v) is 30.1. The second-order valence-corrected chi connectivity index (χ2v) is 12.7. The van der Waals surface area contributed by atoms with Gasteiger partial charge in [0.25, 0.3) is 0 Å². The molecule has 48 heavy (non-hydrogen) atoms. The van der Waals surface area contributed by atoms with E-state index in [1.807, 2.05) is 30.3 Å². The van der Waals surface area contributed by atoms with E-state index in [1.54, 1.807) is 0 Å². The molecule has 4 heteroatoms. The van der Waals surface area contributed by atoms with Crippen LogP contribution in [0.15, 0.2) is 73.3 Å². The fourth-order valence-electron chi connectivity index (χ4n) is 5.51. The van der Waals surface area contributed by atoms with Crippen molar-refractivity contribution in [1.29, 1.82) is 0 Å². The Bertz CT molecular complexity index is 1260. The molecule has 3 aromatic carbocycles. The van der Waals surface area contributed by atoms with Gasteiger partial charge in [-0.15, -0.1) is 0 Å². The van der Waals surface area contributed by atoms with Gasteiger partial charge in [-0.2, -0.15) is 0 Å². The SMILES string of the molecule is C=Cc1ccc(OCCCCCCOc2ccc(/C=C/c3cc(OCCCCCCCC)ccc3OCCCCCCCC)cc2)cc1. The predicted molar refractivity (Wildman–Crippen MR) is 206 cm³/mol. The molecule has 0 aromatic heterocycles. The second-order valence-electron chi connectivity index (χ2n) is 12.7. The molecule has 0 saturated carbocycles. The van der Waals surface area contributed by atoms with Crippen LogP contribution in [-0.4, -0.2) is 26.4 Å². The average Bonchev–Trinajstić information content (AvgIpc) is 3.12. The lowest BCUT2D eigenvalue weighted by Crippen LogP contribution is -2.01. The van der Waals surface area contributed by atoms with Crippen molar-refractivity contribution in [1.82, 2.24) is 0 Å². The lowest BCUT2D eigenvalue weighted by molar-refractivity contribution is 0.287. The molecule has 3 aromatic rings. The summed E-state index contributed by atoms with van der Waals surface area (Å²) in [6.07, 6.45) is 25.6. The Labute approximate surface area is 292 Å². The van der Waals surface area contributed by atoms with E-state index < -0.39 is 0 Å². The van der Waals surface area contributed by atoms with Crippen LogP contribution in [-0.2, 0) is 0 Å². The summed E-state index contributed by atoms with van der Waals surface area (Å²) in [6, 6.07) is 22.6. The Morgan fingerprint density at radius 3 is 1.35 bits per heavy atom. The Balaban J connectivity index is 1.41. The van der Waals surface area contributed by atoms with Gasteiger partial charge in [-0.3, -0.25) is 0 Å². The van der Waals surface area contributed by atoms with Gasteiger partial charge in [-0.1, -0.05) is 127 Å². The molecule has 0 spiro atoms. The van der Waals surface area contributed by atoms with E-state index in [-0.39, 0.29) is 0 Å². The molecule has 0 heterocycles. The molecular weight excluding hydrogens is 592 g/mol. The normalized spacial score (nSPS) is 11.1. The van der Waals surface area contributed by atoms with Crippen LogP contribution < -0.4 is 18.9 Å². The maximum atomic E-state index is 6.26. The molecule has 4 nitrogen and oxygen atoms in total. The van der Waals surface area contributed by atoms with Crippen molar-refractivity contribution in [3.63, 3.8) is 0 Å². The maximum Gasteiger partial charge on any atom is 0.126 e. The van der Waals surface area contributed by atoms with Gasteiger partial charge < -0.3 is 18.9 Å². The van der Waals surface area contributed by atoms with Gasteiger partial charge in [0.15, 0.2) is 0 Å². The van der Waals surface area contributed by atoms with Gasteiger partial charge in [-0.05, 0) is 92.1 Å². The molecule has 0 bridgehead atoms. The van der Waals surface area contributed by atoms with Gasteiger partial charge >= 0.3 is 0 Å². The summed E-state index contributed by atoms with van der Waals surface area (Å²) >= 11 is 0. The van der Waals surface area contributed by atoms with Crippen LogP contribution in [0.3, 0.4) is 0 Å². The molecule has 0 unspecified atom stereocenters. The highest BCUT2D eigenvalue weighted by Gasteiger charge is 2.06. The number of hydrogen-bond acceptors (Lipinski definition) is 4.